The molecule has 0 spiro atoms. The number of anilines is 1. The van der Waals surface area contributed by atoms with Gasteiger partial charge in [-0.3, -0.25) is 9.69 Å². The quantitative estimate of drug-likeness (QED) is 0.360. The molecule has 1 saturated heterocycles. The Morgan fingerprint density at radius 1 is 1.32 bits per heavy atom. The maximum atomic E-state index is 12.0. The molecule has 1 aliphatic rings. The van der Waals surface area contributed by atoms with Crippen molar-refractivity contribution in [2.45, 2.75) is 6.04 Å². The number of rotatable bonds is 3. The molecule has 1 unspecified atom stereocenters. The molecule has 2 rings (SSSR count). The van der Waals surface area contributed by atoms with Crippen LogP contribution in [-0.4, -0.2) is 35.8 Å². The van der Waals surface area contributed by atoms with Crippen molar-refractivity contribution < 1.29 is 47.3 Å². The molecule has 0 bridgehead atoms. The van der Waals surface area contributed by atoms with Crippen molar-refractivity contribution in [2.75, 3.05) is 10.7 Å². The first kappa shape index (κ1) is 16.5. The molecule has 6 nitrogen and oxygen atoms in total. The number of hydrogen-bond donors (Lipinski definition) is 1. The van der Waals surface area contributed by atoms with Crippen LogP contribution in [0.4, 0.5) is 5.69 Å². The normalized spacial score (nSPS) is 19.0. The van der Waals surface area contributed by atoms with E-state index >= 15 is 0 Å². The Bertz CT molecular complexity index is 591. The van der Waals surface area contributed by atoms with Gasteiger partial charge in [-0.15, -0.1) is 0 Å². The third-order valence-electron chi connectivity index (χ3n) is 2.40. The van der Waals surface area contributed by atoms with Crippen molar-refractivity contribution in [2.24, 2.45) is 0 Å². The number of amides is 1. The number of nitrogens with one attached hydrogen (secondary N) is 1. The average molecular weight is 308 g/mol. The van der Waals surface area contributed by atoms with E-state index in [1.807, 2.05) is 0 Å². The average Bonchev–Trinajstić information content (AvgIpc) is 2.53. The molecule has 1 aliphatic heterocycles. The van der Waals surface area contributed by atoms with E-state index in [1.54, 1.807) is 30.3 Å². The van der Waals surface area contributed by atoms with Crippen LogP contribution in [0.1, 0.15) is 0 Å². The van der Waals surface area contributed by atoms with Gasteiger partial charge in [-0.05, 0) is 24.4 Å². The topological polar surface area (TPSA) is 89.5 Å². The molecule has 1 atom stereocenters. The summed E-state index contributed by atoms with van der Waals surface area (Å²) in [5, 5.41) is 2.63. The fraction of sp³-hybridized carbons (Fsp3) is 0.200. The first-order valence-corrected chi connectivity index (χ1v) is 7.00. The second-order valence-electron chi connectivity index (χ2n) is 3.74. The minimum absolute atomic E-state index is 0. The molecular weight excluding hydrogens is 299 g/mol. The summed E-state index contributed by atoms with van der Waals surface area (Å²) in [6, 6.07) is 7.45. The van der Waals surface area contributed by atoms with Gasteiger partial charge in [-0.25, -0.2) is 8.42 Å². The Hall–Kier alpha value is -0.510. The van der Waals surface area contributed by atoms with Crippen molar-refractivity contribution in [1.82, 2.24) is 5.32 Å². The summed E-state index contributed by atoms with van der Waals surface area (Å²) in [5.74, 6) is -1.35. The minimum Gasteiger partial charge on any atom is -0.748 e. The van der Waals surface area contributed by atoms with Crippen molar-refractivity contribution in [3.8, 4) is 0 Å². The summed E-state index contributed by atoms with van der Waals surface area (Å²) < 4.78 is 32.0. The van der Waals surface area contributed by atoms with Crippen LogP contribution in [0.2, 0.25) is 0 Å². The van der Waals surface area contributed by atoms with E-state index in [0.717, 1.165) is 0 Å². The zero-order valence-corrected chi connectivity index (χ0v) is 13.7. The van der Waals surface area contributed by atoms with E-state index in [9.17, 15) is 17.8 Å². The van der Waals surface area contributed by atoms with Gasteiger partial charge >= 0.3 is 29.6 Å². The predicted molar refractivity (Wildman–Crippen MR) is 68.0 cm³/mol. The van der Waals surface area contributed by atoms with Crippen molar-refractivity contribution in [1.29, 1.82) is 0 Å². The molecule has 1 aromatic rings. The van der Waals surface area contributed by atoms with Crippen LogP contribution < -0.4 is 39.8 Å². The molecule has 9 heteroatoms. The van der Waals surface area contributed by atoms with Crippen molar-refractivity contribution in [3.05, 3.63) is 30.3 Å². The zero-order chi connectivity index (χ0) is 13.3. The summed E-state index contributed by atoms with van der Waals surface area (Å²) >= 11 is 4.96. The van der Waals surface area contributed by atoms with Gasteiger partial charge in [0.15, 0.2) is 5.11 Å². The number of thiocarbonyl (C=S) groups is 1. The van der Waals surface area contributed by atoms with Crippen LogP contribution in [0.25, 0.3) is 0 Å². The van der Waals surface area contributed by atoms with Crippen LogP contribution in [0.5, 0.6) is 0 Å². The molecule has 1 fully saturated rings. The SMILES string of the molecule is O=C1C(CS(=O)(=O)[O-])NC(=S)N1c1ccccc1.[Na+]. The number of hydrogen-bond acceptors (Lipinski definition) is 5. The molecule has 1 amide bonds. The number of benzene rings is 1. The summed E-state index contributed by atoms with van der Waals surface area (Å²) in [4.78, 5) is 13.2. The summed E-state index contributed by atoms with van der Waals surface area (Å²) in [6.45, 7) is 0. The Morgan fingerprint density at radius 2 is 1.89 bits per heavy atom. The predicted octanol–water partition coefficient (Wildman–Crippen LogP) is -3.17. The number of carbonyl (C=O) groups excluding carboxylic acids is 1. The molecule has 0 aromatic heterocycles. The second kappa shape index (κ2) is 6.29. The van der Waals surface area contributed by atoms with Gasteiger partial charge < -0.3 is 9.87 Å². The third kappa shape index (κ3) is 3.98. The summed E-state index contributed by atoms with van der Waals surface area (Å²) in [6.07, 6.45) is 0. The molecule has 1 N–H and O–H groups in total. The second-order valence-corrected chi connectivity index (χ2v) is 5.57. The van der Waals surface area contributed by atoms with Crippen LogP contribution in [0.15, 0.2) is 30.3 Å². The Kier molecular flexibility index (Phi) is 5.48. The fourth-order valence-electron chi connectivity index (χ4n) is 1.67. The van der Waals surface area contributed by atoms with Gasteiger partial charge in [0.05, 0.1) is 21.6 Å². The maximum absolute atomic E-state index is 12.0. The summed E-state index contributed by atoms with van der Waals surface area (Å²) in [7, 11) is -4.49. The van der Waals surface area contributed by atoms with E-state index in [0.29, 0.717) is 5.69 Å². The van der Waals surface area contributed by atoms with Crippen LogP contribution >= 0.6 is 12.2 Å². The Labute approximate surface area is 138 Å². The molecule has 0 saturated carbocycles. The van der Waals surface area contributed by atoms with Crippen LogP contribution in [0.3, 0.4) is 0 Å². The molecule has 0 aliphatic carbocycles. The van der Waals surface area contributed by atoms with Gasteiger partial charge in [0.1, 0.15) is 6.04 Å². The Balaban J connectivity index is 0.00000180. The third-order valence-corrected chi connectivity index (χ3v) is 3.45. The number of carbonyl (C=O) groups is 1. The molecule has 19 heavy (non-hydrogen) atoms. The zero-order valence-electron chi connectivity index (χ0n) is 10.1. The minimum atomic E-state index is -4.49. The molecule has 0 radical (unpaired) electrons. The molecular formula is C10H9N2NaO4S2. The van der Waals surface area contributed by atoms with Crippen LogP contribution in [0, 0.1) is 0 Å². The van der Waals surface area contributed by atoms with Gasteiger partial charge in [0, 0.05) is 0 Å². The standard InChI is InChI=1S/C10H10N2O4S2.Na/c13-9-8(6-18(14,15)16)11-10(17)12(9)7-4-2-1-3-5-7;/h1-5,8H,6H2,(H,11,17)(H,14,15,16);/q;+1/p-1. The monoisotopic (exact) mass is 308 g/mol. The van der Waals surface area contributed by atoms with Crippen molar-refractivity contribution >= 4 is 39.0 Å². The Morgan fingerprint density at radius 3 is 2.42 bits per heavy atom. The van der Waals surface area contributed by atoms with Crippen molar-refractivity contribution in [3.63, 3.8) is 0 Å². The van der Waals surface area contributed by atoms with E-state index in [2.05, 4.69) is 5.32 Å². The van der Waals surface area contributed by atoms with Gasteiger partial charge in [-0.1, -0.05) is 18.2 Å². The fourth-order valence-corrected chi connectivity index (χ4v) is 2.64. The van der Waals surface area contributed by atoms with Gasteiger partial charge in [-0.2, -0.15) is 0 Å². The van der Waals surface area contributed by atoms with Crippen LogP contribution in [-0.2, 0) is 14.9 Å². The smallest absolute Gasteiger partial charge is 0.748 e. The maximum Gasteiger partial charge on any atom is 1.00 e. The largest absolute Gasteiger partial charge is 1.00 e. The molecule has 1 aromatic carbocycles. The number of para-hydroxylation sites is 1. The number of nitrogens with zero attached hydrogens (tertiary/aromatic N) is 1. The van der Waals surface area contributed by atoms with E-state index < -0.39 is 27.8 Å². The first-order valence-electron chi connectivity index (χ1n) is 5.01. The van der Waals surface area contributed by atoms with E-state index in [4.69, 9.17) is 12.2 Å². The molecule has 96 valence electrons. The molecule has 1 heterocycles. The van der Waals surface area contributed by atoms with Gasteiger partial charge in [0.25, 0.3) is 5.91 Å². The first-order chi connectivity index (χ1) is 8.38. The van der Waals surface area contributed by atoms with Gasteiger partial charge in [0.2, 0.25) is 0 Å². The van der Waals surface area contributed by atoms with E-state index in [1.165, 1.54) is 4.90 Å². The summed E-state index contributed by atoms with van der Waals surface area (Å²) in [5.41, 5.74) is 0.533. The van der Waals surface area contributed by atoms with E-state index in [-0.39, 0.29) is 34.7 Å².